The molecule has 1 aromatic heterocycles. The zero-order valence-corrected chi connectivity index (χ0v) is 10.8. The Morgan fingerprint density at radius 1 is 1.39 bits per heavy atom. The molecule has 0 radical (unpaired) electrons. The number of rotatable bonds is 7. The molecule has 0 aliphatic heterocycles. The number of aromatic nitrogens is 2. The first-order valence-corrected chi connectivity index (χ1v) is 5.97. The highest BCUT2D eigenvalue weighted by Gasteiger charge is 2.06. The van der Waals surface area contributed by atoms with Gasteiger partial charge < -0.3 is 10.1 Å². The summed E-state index contributed by atoms with van der Waals surface area (Å²) in [6, 6.07) is 0. The third kappa shape index (κ3) is 4.99. The van der Waals surface area contributed by atoms with Crippen molar-refractivity contribution in [3.05, 3.63) is 18.0 Å². The van der Waals surface area contributed by atoms with Crippen molar-refractivity contribution in [1.82, 2.24) is 15.1 Å². The van der Waals surface area contributed by atoms with Crippen molar-refractivity contribution < 1.29 is 14.3 Å². The molecule has 0 aliphatic rings. The maximum Gasteiger partial charge on any atom is 0.305 e. The first-order valence-electron chi connectivity index (χ1n) is 5.97. The summed E-state index contributed by atoms with van der Waals surface area (Å²) in [6.45, 7) is 0.606. The van der Waals surface area contributed by atoms with E-state index in [1.54, 1.807) is 17.9 Å². The second kappa shape index (κ2) is 7.47. The van der Waals surface area contributed by atoms with Gasteiger partial charge in [-0.1, -0.05) is 6.42 Å². The summed E-state index contributed by atoms with van der Waals surface area (Å²) in [6.07, 6.45) is 6.17. The number of hydrogen-bond acceptors (Lipinski definition) is 4. The lowest BCUT2D eigenvalue weighted by atomic mass is 10.2. The summed E-state index contributed by atoms with van der Waals surface area (Å²) in [5, 5.41) is 6.73. The molecule has 100 valence electrons. The summed E-state index contributed by atoms with van der Waals surface area (Å²) in [7, 11) is 3.15. The van der Waals surface area contributed by atoms with Crippen molar-refractivity contribution >= 4 is 11.9 Å². The van der Waals surface area contributed by atoms with E-state index >= 15 is 0 Å². The number of amides is 1. The molecular formula is C12H19N3O3. The molecule has 18 heavy (non-hydrogen) atoms. The minimum absolute atomic E-state index is 0.115. The van der Waals surface area contributed by atoms with Gasteiger partial charge in [-0.25, -0.2) is 0 Å². The second-order valence-corrected chi connectivity index (χ2v) is 4.05. The van der Waals surface area contributed by atoms with E-state index in [1.807, 2.05) is 0 Å². The number of ether oxygens (including phenoxy) is 1. The van der Waals surface area contributed by atoms with Gasteiger partial charge in [0.1, 0.15) is 0 Å². The van der Waals surface area contributed by atoms with Crippen LogP contribution in [0.25, 0.3) is 0 Å². The Labute approximate surface area is 106 Å². The molecule has 1 heterocycles. The summed E-state index contributed by atoms with van der Waals surface area (Å²) in [5.74, 6) is -0.300. The van der Waals surface area contributed by atoms with Crippen LogP contribution in [0.1, 0.15) is 36.0 Å². The first-order chi connectivity index (χ1) is 8.63. The number of methoxy groups -OCH3 is 1. The molecule has 0 saturated carbocycles. The van der Waals surface area contributed by atoms with Gasteiger partial charge in [-0.2, -0.15) is 5.10 Å². The van der Waals surface area contributed by atoms with Crippen LogP contribution in [0, 0.1) is 0 Å². The predicted octanol–water partition coefficient (Wildman–Crippen LogP) is 0.883. The Hall–Kier alpha value is -1.85. The number of aryl methyl sites for hydroxylation is 1. The van der Waals surface area contributed by atoms with E-state index in [0.717, 1.165) is 19.3 Å². The lowest BCUT2D eigenvalue weighted by Crippen LogP contribution is -2.24. The van der Waals surface area contributed by atoms with Crippen molar-refractivity contribution in [3.8, 4) is 0 Å². The van der Waals surface area contributed by atoms with Crippen LogP contribution in [-0.2, 0) is 16.6 Å². The Bertz CT molecular complexity index is 401. The lowest BCUT2D eigenvalue weighted by molar-refractivity contribution is -0.140. The number of carbonyl (C=O) groups is 2. The molecule has 0 aromatic carbocycles. The minimum Gasteiger partial charge on any atom is -0.469 e. The van der Waals surface area contributed by atoms with Gasteiger partial charge in [0.2, 0.25) is 0 Å². The van der Waals surface area contributed by atoms with Gasteiger partial charge in [-0.3, -0.25) is 14.3 Å². The Kier molecular flexibility index (Phi) is 5.90. The van der Waals surface area contributed by atoms with Crippen molar-refractivity contribution in [3.63, 3.8) is 0 Å². The van der Waals surface area contributed by atoms with E-state index in [2.05, 4.69) is 15.2 Å². The molecule has 0 atom stereocenters. The molecule has 0 fully saturated rings. The van der Waals surface area contributed by atoms with Crippen LogP contribution in [-0.4, -0.2) is 35.3 Å². The SMILES string of the molecule is COC(=O)CCCCCNC(=O)c1cnn(C)c1. The lowest BCUT2D eigenvalue weighted by Gasteiger charge is -2.03. The quantitative estimate of drug-likeness (QED) is 0.578. The summed E-state index contributed by atoms with van der Waals surface area (Å²) < 4.78 is 6.13. The monoisotopic (exact) mass is 253 g/mol. The average Bonchev–Trinajstić information content (AvgIpc) is 2.79. The normalized spacial score (nSPS) is 10.1. The van der Waals surface area contributed by atoms with Crippen LogP contribution in [0.2, 0.25) is 0 Å². The number of carbonyl (C=O) groups excluding carboxylic acids is 2. The fourth-order valence-corrected chi connectivity index (χ4v) is 1.52. The van der Waals surface area contributed by atoms with Crippen molar-refractivity contribution in [1.29, 1.82) is 0 Å². The molecule has 0 aliphatic carbocycles. The summed E-state index contributed by atoms with van der Waals surface area (Å²) in [5.41, 5.74) is 0.562. The Morgan fingerprint density at radius 3 is 2.78 bits per heavy atom. The zero-order valence-electron chi connectivity index (χ0n) is 10.8. The minimum atomic E-state index is -0.186. The van der Waals surface area contributed by atoms with E-state index in [0.29, 0.717) is 18.5 Å². The largest absolute Gasteiger partial charge is 0.469 e. The van der Waals surface area contributed by atoms with Crippen molar-refractivity contribution in [2.24, 2.45) is 7.05 Å². The van der Waals surface area contributed by atoms with Crippen molar-refractivity contribution in [2.75, 3.05) is 13.7 Å². The van der Waals surface area contributed by atoms with Crippen LogP contribution in [0.4, 0.5) is 0 Å². The van der Waals surface area contributed by atoms with Gasteiger partial charge >= 0.3 is 5.97 Å². The van der Waals surface area contributed by atoms with Gasteiger partial charge in [-0.15, -0.1) is 0 Å². The standard InChI is InChI=1S/C12H19N3O3/c1-15-9-10(8-14-15)12(17)13-7-5-3-4-6-11(16)18-2/h8-9H,3-7H2,1-2H3,(H,13,17). The first kappa shape index (κ1) is 14.2. The van der Waals surface area contributed by atoms with Gasteiger partial charge in [0.05, 0.1) is 18.9 Å². The maximum atomic E-state index is 11.6. The molecule has 6 heteroatoms. The molecule has 6 nitrogen and oxygen atoms in total. The third-order valence-corrected chi connectivity index (χ3v) is 2.54. The second-order valence-electron chi connectivity index (χ2n) is 4.05. The fraction of sp³-hybridized carbons (Fsp3) is 0.583. The molecule has 1 aromatic rings. The molecular weight excluding hydrogens is 234 g/mol. The molecule has 1 amide bonds. The summed E-state index contributed by atoms with van der Waals surface area (Å²) in [4.78, 5) is 22.4. The van der Waals surface area contributed by atoms with Gasteiger partial charge in [0.25, 0.3) is 5.91 Å². The van der Waals surface area contributed by atoms with Gasteiger partial charge in [-0.05, 0) is 12.8 Å². The number of hydrogen-bond donors (Lipinski definition) is 1. The van der Waals surface area contributed by atoms with Gasteiger partial charge in [0, 0.05) is 26.2 Å². The van der Waals surface area contributed by atoms with Gasteiger partial charge in [0.15, 0.2) is 0 Å². The Morgan fingerprint density at radius 2 is 2.17 bits per heavy atom. The molecule has 0 spiro atoms. The third-order valence-electron chi connectivity index (χ3n) is 2.54. The summed E-state index contributed by atoms with van der Waals surface area (Å²) >= 11 is 0. The van der Waals surface area contributed by atoms with Crippen LogP contribution in [0.15, 0.2) is 12.4 Å². The topological polar surface area (TPSA) is 73.2 Å². The highest BCUT2D eigenvalue weighted by molar-refractivity contribution is 5.93. The highest BCUT2D eigenvalue weighted by atomic mass is 16.5. The average molecular weight is 253 g/mol. The predicted molar refractivity (Wildman–Crippen MR) is 66.0 cm³/mol. The van der Waals surface area contributed by atoms with E-state index in [4.69, 9.17) is 0 Å². The number of nitrogens with zero attached hydrogens (tertiary/aromatic N) is 2. The van der Waals surface area contributed by atoms with Crippen molar-refractivity contribution in [2.45, 2.75) is 25.7 Å². The molecule has 0 bridgehead atoms. The van der Waals surface area contributed by atoms with Crippen LogP contribution >= 0.6 is 0 Å². The van der Waals surface area contributed by atoms with Crippen LogP contribution in [0.3, 0.4) is 0 Å². The molecule has 1 N–H and O–H groups in total. The molecule has 0 unspecified atom stereocenters. The Balaban J connectivity index is 2.08. The number of nitrogens with one attached hydrogen (secondary N) is 1. The van der Waals surface area contributed by atoms with E-state index in [1.165, 1.54) is 13.3 Å². The van der Waals surface area contributed by atoms with Crippen LogP contribution in [0.5, 0.6) is 0 Å². The van der Waals surface area contributed by atoms with E-state index < -0.39 is 0 Å². The highest BCUT2D eigenvalue weighted by Crippen LogP contribution is 2.01. The van der Waals surface area contributed by atoms with E-state index in [9.17, 15) is 9.59 Å². The maximum absolute atomic E-state index is 11.6. The van der Waals surface area contributed by atoms with E-state index in [-0.39, 0.29) is 11.9 Å². The zero-order chi connectivity index (χ0) is 13.4. The molecule has 0 saturated heterocycles. The molecule has 1 rings (SSSR count). The number of esters is 1. The fourth-order valence-electron chi connectivity index (χ4n) is 1.52. The van der Waals surface area contributed by atoms with Crippen LogP contribution < -0.4 is 5.32 Å². The smallest absolute Gasteiger partial charge is 0.305 e. The number of unbranched alkanes of at least 4 members (excludes halogenated alkanes) is 2.